The van der Waals surface area contributed by atoms with Crippen molar-refractivity contribution < 1.29 is 24.6 Å². The summed E-state index contributed by atoms with van der Waals surface area (Å²) in [5, 5.41) is 28.2. The van der Waals surface area contributed by atoms with E-state index in [1.54, 1.807) is 36.4 Å². The van der Waals surface area contributed by atoms with Gasteiger partial charge in [-0.05, 0) is 61.2 Å². The molecule has 2 rings (SSSR count). The Labute approximate surface area is 219 Å². The Morgan fingerprint density at radius 2 is 1.74 bits per heavy atom. The van der Waals surface area contributed by atoms with Gasteiger partial charge in [0.2, 0.25) is 5.91 Å². The monoisotopic (exact) mass is 543 g/mol. The number of carbonyl (C=O) groups is 3. The average molecular weight is 545 g/mol. The Morgan fingerprint density at radius 1 is 1.06 bits per heavy atom. The number of carboxylic acids is 1. The van der Waals surface area contributed by atoms with Crippen LogP contribution >= 0.6 is 34.8 Å². The molecule has 0 bridgehead atoms. The molecule has 2 aromatic carbocycles. The molecule has 0 fully saturated rings. The highest BCUT2D eigenvalue weighted by molar-refractivity contribution is 6.39. The van der Waals surface area contributed by atoms with Crippen molar-refractivity contribution in [2.24, 2.45) is 0 Å². The molecule has 0 saturated carbocycles. The van der Waals surface area contributed by atoms with E-state index < -0.39 is 24.0 Å². The van der Waals surface area contributed by atoms with Gasteiger partial charge < -0.3 is 26.2 Å². The van der Waals surface area contributed by atoms with Crippen LogP contribution < -0.4 is 16.0 Å². The van der Waals surface area contributed by atoms with Crippen LogP contribution in [0.5, 0.6) is 0 Å². The number of benzene rings is 2. The van der Waals surface area contributed by atoms with Crippen molar-refractivity contribution >= 4 is 52.6 Å². The molecule has 2 amide bonds. The number of carboxylic acid groups (broad SMARTS) is 1. The summed E-state index contributed by atoms with van der Waals surface area (Å²) in [5.41, 5.74) is 1.30. The number of halogens is 3. The number of aliphatic carboxylic acids is 1. The maximum atomic E-state index is 12.7. The number of aliphatic hydroxyl groups excluding tert-OH is 1. The van der Waals surface area contributed by atoms with Crippen molar-refractivity contribution in [1.29, 1.82) is 0 Å². The fourth-order valence-corrected chi connectivity index (χ4v) is 4.16. The zero-order valence-electron chi connectivity index (χ0n) is 19.1. The number of amides is 2. The van der Waals surface area contributed by atoms with Crippen LogP contribution in [0.3, 0.4) is 0 Å². The van der Waals surface area contributed by atoms with Crippen molar-refractivity contribution in [2.75, 3.05) is 19.6 Å². The predicted octanol–water partition coefficient (Wildman–Crippen LogP) is 3.61. The number of hydrogen-bond donors (Lipinski definition) is 5. The zero-order chi connectivity index (χ0) is 26.0. The molecule has 0 aliphatic heterocycles. The minimum Gasteiger partial charge on any atom is -0.480 e. The van der Waals surface area contributed by atoms with E-state index in [0.717, 1.165) is 6.42 Å². The third kappa shape index (κ3) is 9.31. The van der Waals surface area contributed by atoms with E-state index in [0.29, 0.717) is 35.5 Å². The molecule has 11 heteroatoms. The second-order valence-electron chi connectivity index (χ2n) is 7.89. The third-order valence-corrected chi connectivity index (χ3v) is 5.92. The summed E-state index contributed by atoms with van der Waals surface area (Å²) in [6, 6.07) is 8.64. The fourth-order valence-electron chi connectivity index (χ4n) is 3.26. The first-order valence-electron chi connectivity index (χ1n) is 11.0. The van der Waals surface area contributed by atoms with Gasteiger partial charge >= 0.3 is 5.97 Å². The minimum absolute atomic E-state index is 0.0409. The van der Waals surface area contributed by atoms with Gasteiger partial charge in [-0.2, -0.15) is 0 Å². The topological polar surface area (TPSA) is 128 Å². The Balaban J connectivity index is 2.01. The molecule has 0 spiro atoms. The molecule has 0 radical (unpaired) electrons. The fraction of sp³-hybridized carbons (Fsp3) is 0.375. The number of aliphatic hydroxyl groups is 1. The van der Waals surface area contributed by atoms with Gasteiger partial charge in [0.05, 0.1) is 28.3 Å². The predicted molar refractivity (Wildman–Crippen MR) is 136 cm³/mol. The summed E-state index contributed by atoms with van der Waals surface area (Å²) in [7, 11) is 0. The summed E-state index contributed by atoms with van der Waals surface area (Å²) in [5.74, 6) is -2.49. The minimum atomic E-state index is -1.38. The van der Waals surface area contributed by atoms with E-state index in [-0.39, 0.29) is 34.6 Å². The van der Waals surface area contributed by atoms with Crippen LogP contribution in [0.25, 0.3) is 0 Å². The molecule has 0 aromatic heterocycles. The standard InChI is InChI=1S/C24H28Cl3N3O5/c1-2-8-28-13-21(32)29-12-19(24(34)35)30-23(33)22-17(26)9-14(10-18(22)27)6-7-20(31)15-4-3-5-16(25)11-15/h3-5,9-11,19-20,28,31H,2,6-8,12-13H2,1H3,(H,29,32)(H,30,33)(H,34,35)/t19-,20?/m0/s1. The van der Waals surface area contributed by atoms with Crippen LogP contribution in [0.2, 0.25) is 15.1 Å². The maximum absolute atomic E-state index is 12.7. The lowest BCUT2D eigenvalue weighted by atomic mass is 10.0. The Hall–Kier alpha value is -2.36. The second-order valence-corrected chi connectivity index (χ2v) is 9.14. The zero-order valence-corrected chi connectivity index (χ0v) is 21.4. The van der Waals surface area contributed by atoms with Gasteiger partial charge in [-0.3, -0.25) is 9.59 Å². The number of nitrogens with one attached hydrogen (secondary N) is 3. The number of carbonyl (C=O) groups excluding carboxylic acids is 2. The smallest absolute Gasteiger partial charge is 0.328 e. The lowest BCUT2D eigenvalue weighted by Crippen LogP contribution is -2.49. The van der Waals surface area contributed by atoms with Gasteiger partial charge in [-0.1, -0.05) is 53.9 Å². The Kier molecular flexibility index (Phi) is 11.8. The van der Waals surface area contributed by atoms with Gasteiger partial charge in [0, 0.05) is 11.6 Å². The van der Waals surface area contributed by atoms with Gasteiger partial charge in [-0.15, -0.1) is 0 Å². The summed E-state index contributed by atoms with van der Waals surface area (Å²) in [6.07, 6.45) is 0.888. The summed E-state index contributed by atoms with van der Waals surface area (Å²) in [6.45, 7) is 2.34. The number of hydrogen-bond acceptors (Lipinski definition) is 5. The van der Waals surface area contributed by atoms with Crippen molar-refractivity contribution in [3.05, 3.63) is 68.2 Å². The third-order valence-electron chi connectivity index (χ3n) is 5.09. The molecule has 2 aromatic rings. The lowest BCUT2D eigenvalue weighted by Gasteiger charge is -2.17. The number of rotatable bonds is 13. The van der Waals surface area contributed by atoms with E-state index >= 15 is 0 Å². The van der Waals surface area contributed by atoms with Crippen LogP contribution in [0.15, 0.2) is 36.4 Å². The normalized spacial score (nSPS) is 12.6. The van der Waals surface area contributed by atoms with Crippen molar-refractivity contribution in [1.82, 2.24) is 16.0 Å². The van der Waals surface area contributed by atoms with Crippen molar-refractivity contribution in [3.8, 4) is 0 Å². The molecule has 1 unspecified atom stereocenters. The molecule has 0 aliphatic rings. The van der Waals surface area contributed by atoms with Crippen LogP contribution in [0, 0.1) is 0 Å². The van der Waals surface area contributed by atoms with Gasteiger partial charge in [0.15, 0.2) is 0 Å². The summed E-state index contributed by atoms with van der Waals surface area (Å²) in [4.78, 5) is 36.1. The van der Waals surface area contributed by atoms with Gasteiger partial charge in [0.25, 0.3) is 5.91 Å². The first-order valence-corrected chi connectivity index (χ1v) is 12.2. The molecule has 5 N–H and O–H groups in total. The molecule has 2 atom stereocenters. The van der Waals surface area contributed by atoms with Crippen LogP contribution in [-0.4, -0.2) is 53.7 Å². The van der Waals surface area contributed by atoms with Crippen LogP contribution in [-0.2, 0) is 16.0 Å². The molecule has 0 heterocycles. The average Bonchev–Trinajstić information content (AvgIpc) is 2.79. The van der Waals surface area contributed by atoms with Crippen LogP contribution in [0.1, 0.15) is 47.4 Å². The Bertz CT molecular complexity index is 1030. The number of aryl methyl sites for hydroxylation is 1. The van der Waals surface area contributed by atoms with Crippen molar-refractivity contribution in [3.63, 3.8) is 0 Å². The second kappa shape index (κ2) is 14.3. The van der Waals surface area contributed by atoms with E-state index in [4.69, 9.17) is 34.8 Å². The van der Waals surface area contributed by atoms with E-state index in [9.17, 15) is 24.6 Å². The SMILES string of the molecule is CCCNCC(=O)NC[C@H](NC(=O)c1c(Cl)cc(CCC(O)c2cccc(Cl)c2)cc1Cl)C(=O)O. The molecule has 35 heavy (non-hydrogen) atoms. The first-order chi connectivity index (χ1) is 16.6. The highest BCUT2D eigenvalue weighted by atomic mass is 35.5. The molecular weight excluding hydrogens is 517 g/mol. The largest absolute Gasteiger partial charge is 0.480 e. The van der Waals surface area contributed by atoms with Crippen LogP contribution in [0.4, 0.5) is 0 Å². The van der Waals surface area contributed by atoms with Gasteiger partial charge in [-0.25, -0.2) is 4.79 Å². The maximum Gasteiger partial charge on any atom is 0.328 e. The van der Waals surface area contributed by atoms with E-state index in [1.807, 2.05) is 6.92 Å². The summed E-state index contributed by atoms with van der Waals surface area (Å²) < 4.78 is 0. The van der Waals surface area contributed by atoms with Gasteiger partial charge in [0.1, 0.15) is 6.04 Å². The van der Waals surface area contributed by atoms with E-state index in [1.165, 1.54) is 0 Å². The highest BCUT2D eigenvalue weighted by Gasteiger charge is 2.24. The summed E-state index contributed by atoms with van der Waals surface area (Å²) >= 11 is 18.6. The molecule has 0 aliphatic carbocycles. The molecule has 8 nitrogen and oxygen atoms in total. The lowest BCUT2D eigenvalue weighted by molar-refractivity contribution is -0.139. The first kappa shape index (κ1) is 28.9. The van der Waals surface area contributed by atoms with E-state index in [2.05, 4.69) is 16.0 Å². The molecule has 0 saturated heterocycles. The quantitative estimate of drug-likeness (QED) is 0.245. The Morgan fingerprint density at radius 3 is 2.34 bits per heavy atom. The highest BCUT2D eigenvalue weighted by Crippen LogP contribution is 2.29. The van der Waals surface area contributed by atoms with Crippen molar-refractivity contribution in [2.45, 2.75) is 38.3 Å². The molecular formula is C24H28Cl3N3O5. The molecule has 190 valence electrons.